The first-order valence-corrected chi connectivity index (χ1v) is 14.1. The van der Waals surface area contributed by atoms with Gasteiger partial charge >= 0.3 is 100 Å². The van der Waals surface area contributed by atoms with Crippen LogP contribution >= 0.6 is 8.25 Å². The second-order valence-corrected chi connectivity index (χ2v) is 9.50. The molecule has 0 fully saturated rings. The van der Waals surface area contributed by atoms with Crippen LogP contribution < -0.4 is 3.07 Å². The molecule has 0 amide bonds. The molecule has 0 saturated carbocycles. The molecule has 0 aliphatic rings. The van der Waals surface area contributed by atoms with Gasteiger partial charge in [0.15, 0.2) is 0 Å². The summed E-state index contributed by atoms with van der Waals surface area (Å²) in [4.78, 5) is 0. The maximum absolute atomic E-state index is 6.10. The monoisotopic (exact) mass is 390 g/mol. The predicted octanol–water partition coefficient (Wildman–Crippen LogP) is 3.22. The number of rotatable bonds is 2. The third kappa shape index (κ3) is 2.18. The van der Waals surface area contributed by atoms with Gasteiger partial charge in [0, 0.05) is 0 Å². The molecule has 0 radical (unpaired) electrons. The van der Waals surface area contributed by atoms with Gasteiger partial charge in [0.25, 0.3) is 0 Å². The molecular formula is C12H9ClHg. The van der Waals surface area contributed by atoms with Gasteiger partial charge in [0.2, 0.25) is 0 Å². The zero-order valence-corrected chi connectivity index (χ0v) is 14.0. The molecule has 0 aliphatic carbocycles. The zero-order valence-electron chi connectivity index (χ0n) is 7.78. The number of benzene rings is 2. The Labute approximate surface area is 99.8 Å². The van der Waals surface area contributed by atoms with Crippen LogP contribution in [-0.2, 0) is 23.3 Å². The van der Waals surface area contributed by atoms with Crippen LogP contribution in [-0.4, -0.2) is 0 Å². The topological polar surface area (TPSA) is 0 Å². The SMILES string of the molecule is [Cl][Hg][c]1ccccc1-c1ccccc1. The maximum atomic E-state index is 6.10. The molecule has 2 heteroatoms. The first kappa shape index (κ1) is 10.2. The van der Waals surface area contributed by atoms with Crippen LogP contribution in [0.2, 0.25) is 0 Å². The van der Waals surface area contributed by atoms with Crippen LogP contribution in [0.3, 0.4) is 0 Å². The normalized spacial score (nSPS) is 9.50. The van der Waals surface area contributed by atoms with Crippen LogP contribution in [0.15, 0.2) is 54.6 Å². The summed E-state index contributed by atoms with van der Waals surface area (Å²) >= 11 is -1.31. The third-order valence-corrected chi connectivity index (χ3v) is 8.29. The Morgan fingerprint density at radius 2 is 1.43 bits per heavy atom. The average molecular weight is 389 g/mol. The van der Waals surface area contributed by atoms with Gasteiger partial charge in [-0.05, 0) is 0 Å². The predicted molar refractivity (Wildman–Crippen MR) is 57.4 cm³/mol. The van der Waals surface area contributed by atoms with E-state index in [4.69, 9.17) is 8.25 Å². The number of hydrogen-bond donors (Lipinski definition) is 0. The number of hydrogen-bond acceptors (Lipinski definition) is 0. The van der Waals surface area contributed by atoms with E-state index >= 15 is 0 Å². The molecule has 0 saturated heterocycles. The Morgan fingerprint density at radius 1 is 0.786 bits per heavy atom. The zero-order chi connectivity index (χ0) is 9.80. The third-order valence-electron chi connectivity index (χ3n) is 2.25. The van der Waals surface area contributed by atoms with Gasteiger partial charge in [-0.2, -0.15) is 0 Å². The molecule has 66 valence electrons. The van der Waals surface area contributed by atoms with Gasteiger partial charge in [-0.25, -0.2) is 0 Å². The summed E-state index contributed by atoms with van der Waals surface area (Å²) in [5.41, 5.74) is 2.61. The van der Waals surface area contributed by atoms with E-state index in [9.17, 15) is 0 Å². The van der Waals surface area contributed by atoms with Crippen LogP contribution in [0.1, 0.15) is 0 Å². The standard InChI is InChI=1S/C12H9.ClH.Hg/c1-3-7-11(8-4-1)12-9-5-2-6-10-12;;/h1-9H;1H;/q;;+1/p-1. The van der Waals surface area contributed by atoms with Crippen LogP contribution in [0, 0.1) is 0 Å². The van der Waals surface area contributed by atoms with Crippen LogP contribution in [0.25, 0.3) is 11.1 Å². The Morgan fingerprint density at radius 3 is 2.14 bits per heavy atom. The Bertz CT molecular complexity index is 412. The molecule has 2 aromatic carbocycles. The fraction of sp³-hybridized carbons (Fsp3) is 0. The van der Waals surface area contributed by atoms with Crippen molar-refractivity contribution in [3.8, 4) is 11.1 Å². The Kier molecular flexibility index (Phi) is 3.60. The summed E-state index contributed by atoms with van der Waals surface area (Å²) in [6.45, 7) is 0. The molecular weight excluding hydrogens is 380 g/mol. The van der Waals surface area contributed by atoms with Crippen molar-refractivity contribution in [1.82, 2.24) is 0 Å². The van der Waals surface area contributed by atoms with Crippen molar-refractivity contribution in [2.45, 2.75) is 0 Å². The van der Waals surface area contributed by atoms with Crippen molar-refractivity contribution in [3.63, 3.8) is 0 Å². The van der Waals surface area contributed by atoms with E-state index < -0.39 is 23.3 Å². The van der Waals surface area contributed by atoms with E-state index in [1.165, 1.54) is 14.2 Å². The van der Waals surface area contributed by atoms with Gasteiger partial charge < -0.3 is 0 Å². The molecule has 2 rings (SSSR count). The molecule has 0 aliphatic heterocycles. The van der Waals surface area contributed by atoms with Crippen LogP contribution in [0.5, 0.6) is 0 Å². The second kappa shape index (κ2) is 4.95. The molecule has 2 aromatic rings. The van der Waals surface area contributed by atoms with E-state index in [2.05, 4.69) is 48.5 Å². The minimum absolute atomic E-state index is 1.28. The molecule has 0 heterocycles. The van der Waals surface area contributed by atoms with Crippen LogP contribution in [0.4, 0.5) is 0 Å². The van der Waals surface area contributed by atoms with E-state index in [1.54, 1.807) is 0 Å². The minimum atomic E-state index is -1.31. The fourth-order valence-corrected chi connectivity index (χ4v) is 6.27. The van der Waals surface area contributed by atoms with Crippen molar-refractivity contribution in [3.05, 3.63) is 54.6 Å². The molecule has 0 atom stereocenters. The van der Waals surface area contributed by atoms with E-state index in [0.717, 1.165) is 0 Å². The molecule has 0 bridgehead atoms. The van der Waals surface area contributed by atoms with Gasteiger partial charge in [-0.3, -0.25) is 0 Å². The van der Waals surface area contributed by atoms with Crippen molar-refractivity contribution in [2.24, 2.45) is 0 Å². The summed E-state index contributed by atoms with van der Waals surface area (Å²) in [6.07, 6.45) is 0. The van der Waals surface area contributed by atoms with Gasteiger partial charge in [-0.1, -0.05) is 0 Å². The van der Waals surface area contributed by atoms with E-state index in [1.807, 2.05) is 6.07 Å². The average Bonchev–Trinajstić information content (AvgIpc) is 2.30. The molecule has 0 unspecified atom stereocenters. The van der Waals surface area contributed by atoms with E-state index in [-0.39, 0.29) is 0 Å². The summed E-state index contributed by atoms with van der Waals surface area (Å²) in [5, 5.41) is 0. The summed E-state index contributed by atoms with van der Waals surface area (Å²) in [6, 6.07) is 18.9. The molecule has 0 spiro atoms. The first-order valence-electron chi connectivity index (χ1n) is 4.61. The number of halogens is 1. The van der Waals surface area contributed by atoms with E-state index in [0.29, 0.717) is 0 Å². The molecule has 14 heavy (non-hydrogen) atoms. The van der Waals surface area contributed by atoms with Gasteiger partial charge in [0.05, 0.1) is 0 Å². The van der Waals surface area contributed by atoms with Gasteiger partial charge in [0.1, 0.15) is 0 Å². The molecule has 0 aromatic heterocycles. The first-order chi connectivity index (χ1) is 6.92. The Hall–Kier alpha value is -0.335. The van der Waals surface area contributed by atoms with Crippen molar-refractivity contribution in [1.29, 1.82) is 0 Å². The Balaban J connectivity index is 2.51. The summed E-state index contributed by atoms with van der Waals surface area (Å²) in [7, 11) is 6.10. The second-order valence-electron chi connectivity index (χ2n) is 3.16. The van der Waals surface area contributed by atoms with Gasteiger partial charge in [-0.15, -0.1) is 0 Å². The summed E-state index contributed by atoms with van der Waals surface area (Å²) < 4.78 is 1.40. The van der Waals surface area contributed by atoms with Crippen molar-refractivity contribution >= 4 is 11.3 Å². The summed E-state index contributed by atoms with van der Waals surface area (Å²) in [5.74, 6) is 0. The fourth-order valence-electron chi connectivity index (χ4n) is 1.54. The van der Waals surface area contributed by atoms with Crippen molar-refractivity contribution < 1.29 is 23.3 Å². The molecule has 0 nitrogen and oxygen atoms in total. The van der Waals surface area contributed by atoms with Crippen molar-refractivity contribution in [2.75, 3.05) is 0 Å². The molecule has 0 N–H and O–H groups in total. The quantitative estimate of drug-likeness (QED) is 0.693.